The molecular weight excluding hydrogens is 546 g/mol. The minimum absolute atomic E-state index is 0.263. The van der Waals surface area contributed by atoms with Crippen LogP contribution in [0.3, 0.4) is 0 Å². The topological polar surface area (TPSA) is 81.1 Å². The van der Waals surface area contributed by atoms with Gasteiger partial charge in [-0.2, -0.15) is 5.10 Å². The van der Waals surface area contributed by atoms with E-state index in [4.69, 9.17) is 11.6 Å². The quantitative estimate of drug-likeness (QED) is 0.237. The van der Waals surface area contributed by atoms with Crippen molar-refractivity contribution in [3.63, 3.8) is 0 Å². The molecule has 0 saturated carbocycles. The van der Waals surface area contributed by atoms with E-state index >= 15 is 0 Å². The molecule has 1 N–H and O–H groups in total. The van der Waals surface area contributed by atoms with Gasteiger partial charge in [0.2, 0.25) is 0 Å². The molecule has 0 aliphatic rings. The molecular formula is C27H22ClN3O3S3. The Bertz CT molecular complexity index is 1670. The highest BCUT2D eigenvalue weighted by Gasteiger charge is 2.20. The standard InChI is InChI=1S/C27H22ClN3O3S3/c1-37(33,34)20-8-4-6-18(16-20)25-11-12-26(36-25)24-17-22(27(32)29-14-13-19-7-5-15-35-19)30-31(24)23-10-3-2-9-21(23)28/h2-12,15-17H,13-14H2,1H3,(H,29,32). The Morgan fingerprint density at radius 3 is 2.57 bits per heavy atom. The van der Waals surface area contributed by atoms with Crippen LogP contribution >= 0.6 is 34.3 Å². The van der Waals surface area contributed by atoms with Crippen molar-refractivity contribution in [2.45, 2.75) is 11.3 Å². The second-order valence-corrected chi connectivity index (χ2v) is 12.9. The van der Waals surface area contributed by atoms with E-state index in [2.05, 4.69) is 10.4 Å². The molecule has 0 unspecified atom stereocenters. The fraction of sp³-hybridized carbons (Fsp3) is 0.111. The summed E-state index contributed by atoms with van der Waals surface area (Å²) in [6.07, 6.45) is 1.95. The lowest BCUT2D eigenvalue weighted by Crippen LogP contribution is -2.26. The molecule has 5 aromatic rings. The number of benzene rings is 2. The number of nitrogens with one attached hydrogen (secondary N) is 1. The Labute approximate surface area is 228 Å². The predicted molar refractivity (Wildman–Crippen MR) is 151 cm³/mol. The second-order valence-electron chi connectivity index (χ2n) is 8.33. The molecule has 37 heavy (non-hydrogen) atoms. The van der Waals surface area contributed by atoms with Crippen LogP contribution in [0.25, 0.3) is 26.7 Å². The lowest BCUT2D eigenvalue weighted by Gasteiger charge is -2.08. The third-order valence-corrected chi connectivity index (χ3v) is 9.19. The van der Waals surface area contributed by atoms with E-state index in [0.717, 1.165) is 21.7 Å². The number of halogens is 1. The van der Waals surface area contributed by atoms with Crippen molar-refractivity contribution in [2.75, 3.05) is 12.8 Å². The number of nitrogens with zero attached hydrogens (tertiary/aromatic N) is 2. The number of hydrogen-bond donors (Lipinski definition) is 1. The van der Waals surface area contributed by atoms with Crippen molar-refractivity contribution in [3.8, 4) is 26.7 Å². The molecule has 0 atom stereocenters. The van der Waals surface area contributed by atoms with Crippen LogP contribution in [-0.4, -0.2) is 36.9 Å². The van der Waals surface area contributed by atoms with Gasteiger partial charge in [-0.05, 0) is 65.9 Å². The highest BCUT2D eigenvalue weighted by molar-refractivity contribution is 7.90. The van der Waals surface area contributed by atoms with Crippen molar-refractivity contribution in [2.24, 2.45) is 0 Å². The highest BCUT2D eigenvalue weighted by Crippen LogP contribution is 2.37. The van der Waals surface area contributed by atoms with Crippen LogP contribution in [0.15, 0.2) is 89.1 Å². The molecule has 0 radical (unpaired) electrons. The Kier molecular flexibility index (Phi) is 7.30. The molecule has 0 aliphatic carbocycles. The first kappa shape index (κ1) is 25.4. The number of hydrogen-bond acceptors (Lipinski definition) is 6. The van der Waals surface area contributed by atoms with Gasteiger partial charge in [0.25, 0.3) is 5.91 Å². The summed E-state index contributed by atoms with van der Waals surface area (Å²) in [6, 6.07) is 23.9. The van der Waals surface area contributed by atoms with E-state index in [1.807, 2.05) is 53.9 Å². The first-order valence-electron chi connectivity index (χ1n) is 11.4. The molecule has 3 heterocycles. The van der Waals surface area contributed by atoms with Crippen LogP contribution in [0, 0.1) is 0 Å². The zero-order chi connectivity index (χ0) is 26.0. The Balaban J connectivity index is 1.49. The van der Waals surface area contributed by atoms with Gasteiger partial charge in [-0.25, -0.2) is 13.1 Å². The summed E-state index contributed by atoms with van der Waals surface area (Å²) in [5.74, 6) is -0.263. The monoisotopic (exact) mass is 567 g/mol. The number of sulfone groups is 1. The summed E-state index contributed by atoms with van der Waals surface area (Å²) >= 11 is 9.64. The summed E-state index contributed by atoms with van der Waals surface area (Å²) in [5, 5.41) is 10.1. The fourth-order valence-corrected chi connectivity index (χ4v) is 6.43. The molecule has 0 aliphatic heterocycles. The van der Waals surface area contributed by atoms with Gasteiger partial charge in [0.1, 0.15) is 0 Å². The first-order chi connectivity index (χ1) is 17.8. The van der Waals surface area contributed by atoms with Crippen LogP contribution in [0.1, 0.15) is 15.4 Å². The predicted octanol–water partition coefficient (Wildman–Crippen LogP) is 6.36. The van der Waals surface area contributed by atoms with Gasteiger partial charge in [-0.15, -0.1) is 22.7 Å². The number of carbonyl (C=O) groups excluding carboxylic acids is 1. The molecule has 0 bridgehead atoms. The smallest absolute Gasteiger partial charge is 0.271 e. The average molecular weight is 568 g/mol. The molecule has 1 amide bonds. The molecule has 2 aromatic carbocycles. The minimum atomic E-state index is -3.32. The van der Waals surface area contributed by atoms with Gasteiger partial charge in [-0.1, -0.05) is 41.9 Å². The summed E-state index contributed by atoms with van der Waals surface area (Å²) in [5.41, 5.74) is 2.46. The van der Waals surface area contributed by atoms with Crippen LogP contribution in [0.2, 0.25) is 5.02 Å². The van der Waals surface area contributed by atoms with Crippen LogP contribution in [0.5, 0.6) is 0 Å². The van der Waals surface area contributed by atoms with Gasteiger partial charge < -0.3 is 5.32 Å². The lowest BCUT2D eigenvalue weighted by molar-refractivity contribution is 0.0949. The zero-order valence-corrected chi connectivity index (χ0v) is 22.9. The normalized spacial score (nSPS) is 11.5. The number of amides is 1. The Morgan fingerprint density at radius 1 is 1.00 bits per heavy atom. The van der Waals surface area contributed by atoms with Gasteiger partial charge >= 0.3 is 0 Å². The second kappa shape index (κ2) is 10.6. The fourth-order valence-electron chi connectivity index (χ4n) is 3.83. The van der Waals surface area contributed by atoms with Crippen LogP contribution in [0.4, 0.5) is 0 Å². The van der Waals surface area contributed by atoms with E-state index in [9.17, 15) is 13.2 Å². The maximum atomic E-state index is 13.0. The van der Waals surface area contributed by atoms with E-state index in [1.165, 1.54) is 22.5 Å². The van der Waals surface area contributed by atoms with Gasteiger partial charge in [0, 0.05) is 22.6 Å². The largest absolute Gasteiger partial charge is 0.350 e. The summed E-state index contributed by atoms with van der Waals surface area (Å²) in [4.78, 5) is 16.2. The molecule has 6 nitrogen and oxygen atoms in total. The summed E-state index contributed by atoms with van der Waals surface area (Å²) < 4.78 is 25.7. The molecule has 188 valence electrons. The van der Waals surface area contributed by atoms with Crippen molar-refractivity contribution >= 4 is 50.0 Å². The molecule has 10 heteroatoms. The number of carbonyl (C=O) groups is 1. The molecule has 3 aromatic heterocycles. The summed E-state index contributed by atoms with van der Waals surface area (Å²) in [7, 11) is -3.32. The molecule has 0 fully saturated rings. The third kappa shape index (κ3) is 5.70. The highest BCUT2D eigenvalue weighted by atomic mass is 35.5. The van der Waals surface area contributed by atoms with Crippen molar-refractivity contribution in [1.29, 1.82) is 0 Å². The number of rotatable bonds is 8. The van der Waals surface area contributed by atoms with E-state index in [-0.39, 0.29) is 16.5 Å². The third-order valence-electron chi connectivity index (χ3n) is 5.66. The van der Waals surface area contributed by atoms with E-state index in [1.54, 1.807) is 46.4 Å². The van der Waals surface area contributed by atoms with Gasteiger partial charge in [0.15, 0.2) is 15.5 Å². The van der Waals surface area contributed by atoms with Gasteiger partial charge in [-0.3, -0.25) is 4.79 Å². The maximum Gasteiger partial charge on any atom is 0.271 e. The van der Waals surface area contributed by atoms with Crippen molar-refractivity contribution in [3.05, 3.63) is 99.8 Å². The van der Waals surface area contributed by atoms with Crippen molar-refractivity contribution < 1.29 is 13.2 Å². The maximum absolute atomic E-state index is 13.0. The van der Waals surface area contributed by atoms with Crippen LogP contribution < -0.4 is 5.32 Å². The number of para-hydroxylation sites is 1. The zero-order valence-electron chi connectivity index (χ0n) is 19.7. The first-order valence-corrected chi connectivity index (χ1v) is 15.3. The van der Waals surface area contributed by atoms with Crippen molar-refractivity contribution in [1.82, 2.24) is 15.1 Å². The average Bonchev–Trinajstić information content (AvgIpc) is 3.64. The number of thiophene rings is 2. The Hall–Kier alpha value is -3.24. The molecule has 0 saturated heterocycles. The number of aromatic nitrogens is 2. The SMILES string of the molecule is CS(=O)(=O)c1cccc(-c2ccc(-c3cc(C(=O)NCCc4cccs4)nn3-c3ccccc3Cl)s2)c1. The van der Waals surface area contributed by atoms with E-state index < -0.39 is 9.84 Å². The molecule has 0 spiro atoms. The molecule has 5 rings (SSSR count). The van der Waals surface area contributed by atoms with E-state index in [0.29, 0.717) is 22.9 Å². The van der Waals surface area contributed by atoms with Crippen LogP contribution in [-0.2, 0) is 16.3 Å². The Morgan fingerprint density at radius 2 is 1.81 bits per heavy atom. The minimum Gasteiger partial charge on any atom is -0.350 e. The van der Waals surface area contributed by atoms with Gasteiger partial charge in [0.05, 0.1) is 26.2 Å². The summed E-state index contributed by atoms with van der Waals surface area (Å²) in [6.45, 7) is 0.507. The lowest BCUT2D eigenvalue weighted by atomic mass is 10.2.